The van der Waals surface area contributed by atoms with Crippen molar-refractivity contribution >= 4 is 34.8 Å². The standard InChI is InChI=1S/C26H45IN2O5/c1-23(2)13-19(14-24(3,4)28(23)27)33-21(30)17-9-11-18(12-10-17)22(31)34-20-15-25(5,6)29(32)26(7,8)16-20/h17-20,32H,9-16H2,1-8H3. The van der Waals surface area contributed by atoms with E-state index in [0.29, 0.717) is 38.5 Å². The van der Waals surface area contributed by atoms with Crippen LogP contribution >= 0.6 is 22.9 Å². The summed E-state index contributed by atoms with van der Waals surface area (Å²) in [6.07, 6.45) is 5.23. The van der Waals surface area contributed by atoms with E-state index in [4.69, 9.17) is 9.47 Å². The molecule has 0 aromatic heterocycles. The molecule has 7 nitrogen and oxygen atoms in total. The number of ether oxygens (including phenoxy) is 2. The molecule has 0 radical (unpaired) electrons. The van der Waals surface area contributed by atoms with E-state index in [9.17, 15) is 14.8 Å². The van der Waals surface area contributed by atoms with Crippen LogP contribution in [0.4, 0.5) is 0 Å². The molecular formula is C26H45IN2O5. The monoisotopic (exact) mass is 592 g/mol. The zero-order chi connectivity index (χ0) is 25.7. The quantitative estimate of drug-likeness (QED) is 0.256. The number of hydrogen-bond acceptors (Lipinski definition) is 7. The Kier molecular flexibility index (Phi) is 8.09. The summed E-state index contributed by atoms with van der Waals surface area (Å²) in [7, 11) is 0. The lowest BCUT2D eigenvalue weighted by Gasteiger charge is -2.51. The van der Waals surface area contributed by atoms with Crippen LogP contribution in [0, 0.1) is 11.8 Å². The molecule has 34 heavy (non-hydrogen) atoms. The van der Waals surface area contributed by atoms with Gasteiger partial charge in [-0.05, 0) is 81.1 Å². The first kappa shape index (κ1) is 28.1. The molecule has 3 fully saturated rings. The van der Waals surface area contributed by atoms with Crippen LogP contribution in [0.15, 0.2) is 0 Å². The fraction of sp³-hybridized carbons (Fsp3) is 0.923. The molecule has 1 aliphatic carbocycles. The van der Waals surface area contributed by atoms with Gasteiger partial charge in [0.1, 0.15) is 12.2 Å². The van der Waals surface area contributed by atoms with E-state index >= 15 is 0 Å². The predicted molar refractivity (Wildman–Crippen MR) is 139 cm³/mol. The first-order valence-electron chi connectivity index (χ1n) is 12.8. The largest absolute Gasteiger partial charge is 0.462 e. The maximum Gasteiger partial charge on any atom is 0.309 e. The van der Waals surface area contributed by atoms with Crippen LogP contribution in [-0.4, -0.2) is 59.7 Å². The third kappa shape index (κ3) is 6.09. The average Bonchev–Trinajstić information content (AvgIpc) is 2.69. The Morgan fingerprint density at radius 3 is 1.29 bits per heavy atom. The van der Waals surface area contributed by atoms with Crippen molar-refractivity contribution in [3.63, 3.8) is 0 Å². The Bertz CT molecular complexity index is 673. The summed E-state index contributed by atoms with van der Waals surface area (Å²) in [5.74, 6) is -0.567. The molecule has 0 amide bonds. The summed E-state index contributed by atoms with van der Waals surface area (Å²) in [6.45, 7) is 16.7. The molecule has 2 saturated heterocycles. The number of carbonyl (C=O) groups excluding carboxylic acids is 2. The Labute approximate surface area is 219 Å². The minimum absolute atomic E-state index is 0.0377. The molecule has 8 heteroatoms. The third-order valence-electron chi connectivity index (χ3n) is 8.08. The van der Waals surface area contributed by atoms with Crippen molar-refractivity contribution in [1.82, 2.24) is 8.18 Å². The smallest absolute Gasteiger partial charge is 0.309 e. The van der Waals surface area contributed by atoms with E-state index in [1.54, 1.807) is 0 Å². The van der Waals surface area contributed by atoms with Crippen LogP contribution in [0.2, 0.25) is 0 Å². The highest BCUT2D eigenvalue weighted by molar-refractivity contribution is 14.1. The summed E-state index contributed by atoms with van der Waals surface area (Å²) < 4.78 is 14.3. The molecule has 2 heterocycles. The molecule has 0 bridgehead atoms. The second kappa shape index (κ2) is 9.78. The Morgan fingerprint density at radius 2 is 0.971 bits per heavy atom. The van der Waals surface area contributed by atoms with Crippen molar-refractivity contribution in [2.45, 2.75) is 141 Å². The molecule has 0 atom stereocenters. The highest BCUT2D eigenvalue weighted by Gasteiger charge is 2.48. The number of piperidine rings is 2. The Balaban J connectivity index is 1.49. The normalized spacial score (nSPS) is 32.2. The van der Waals surface area contributed by atoms with Crippen molar-refractivity contribution in [2.24, 2.45) is 11.8 Å². The van der Waals surface area contributed by atoms with Crippen molar-refractivity contribution in [3.8, 4) is 0 Å². The number of hydroxylamine groups is 2. The first-order chi connectivity index (χ1) is 15.4. The fourth-order valence-electron chi connectivity index (χ4n) is 6.60. The summed E-state index contributed by atoms with van der Waals surface area (Å²) in [5.41, 5.74) is -0.983. The van der Waals surface area contributed by atoms with E-state index in [-0.39, 0.29) is 47.1 Å². The van der Waals surface area contributed by atoms with Gasteiger partial charge in [-0.1, -0.05) is 0 Å². The minimum Gasteiger partial charge on any atom is -0.462 e. The topological polar surface area (TPSA) is 79.3 Å². The number of rotatable bonds is 4. The molecule has 1 N–H and O–H groups in total. The maximum absolute atomic E-state index is 13.0. The van der Waals surface area contributed by atoms with Gasteiger partial charge in [0.15, 0.2) is 0 Å². The van der Waals surface area contributed by atoms with Crippen LogP contribution in [0.1, 0.15) is 107 Å². The zero-order valence-electron chi connectivity index (χ0n) is 22.3. The SMILES string of the molecule is CC1(C)CC(OC(=O)C2CCC(C(=O)OC3CC(C)(C)N(I)C(C)(C)C3)CC2)CC(C)(C)N1O. The Morgan fingerprint density at radius 1 is 0.676 bits per heavy atom. The second-order valence-corrected chi connectivity index (χ2v) is 14.3. The van der Waals surface area contributed by atoms with E-state index in [1.807, 2.05) is 27.7 Å². The third-order valence-corrected chi connectivity index (χ3v) is 10.7. The van der Waals surface area contributed by atoms with Crippen molar-refractivity contribution < 1.29 is 24.3 Å². The van der Waals surface area contributed by atoms with Gasteiger partial charge >= 0.3 is 11.9 Å². The second-order valence-electron chi connectivity index (χ2n) is 13.3. The lowest BCUT2D eigenvalue weighted by Crippen LogP contribution is -2.60. The van der Waals surface area contributed by atoms with Crippen molar-refractivity contribution in [1.29, 1.82) is 0 Å². The molecule has 3 aliphatic rings. The lowest BCUT2D eigenvalue weighted by molar-refractivity contribution is -0.260. The van der Waals surface area contributed by atoms with Gasteiger partial charge in [0.25, 0.3) is 0 Å². The van der Waals surface area contributed by atoms with E-state index < -0.39 is 11.1 Å². The summed E-state index contributed by atoms with van der Waals surface area (Å²) in [5, 5.41) is 11.9. The van der Waals surface area contributed by atoms with Crippen LogP contribution < -0.4 is 0 Å². The van der Waals surface area contributed by atoms with Crippen LogP contribution in [-0.2, 0) is 19.1 Å². The van der Waals surface area contributed by atoms with Gasteiger partial charge in [-0.25, -0.2) is 3.11 Å². The van der Waals surface area contributed by atoms with E-state index in [2.05, 4.69) is 53.7 Å². The van der Waals surface area contributed by atoms with Crippen molar-refractivity contribution in [2.75, 3.05) is 0 Å². The molecule has 0 aromatic rings. The zero-order valence-corrected chi connectivity index (χ0v) is 24.5. The van der Waals surface area contributed by atoms with E-state index in [0.717, 1.165) is 12.8 Å². The van der Waals surface area contributed by atoms with Gasteiger partial charge in [-0.15, -0.1) is 0 Å². The number of esters is 2. The number of halogens is 1. The van der Waals surface area contributed by atoms with E-state index in [1.165, 1.54) is 5.06 Å². The predicted octanol–water partition coefficient (Wildman–Crippen LogP) is 5.66. The van der Waals surface area contributed by atoms with Gasteiger partial charge in [-0.2, -0.15) is 5.06 Å². The number of hydrogen-bond donors (Lipinski definition) is 1. The van der Waals surface area contributed by atoms with Crippen LogP contribution in [0.5, 0.6) is 0 Å². The molecule has 0 aromatic carbocycles. The van der Waals surface area contributed by atoms with Gasteiger partial charge < -0.3 is 14.7 Å². The lowest BCUT2D eigenvalue weighted by atomic mass is 9.79. The molecule has 2 aliphatic heterocycles. The maximum atomic E-state index is 13.0. The number of nitrogens with zero attached hydrogens (tertiary/aromatic N) is 2. The van der Waals surface area contributed by atoms with Gasteiger partial charge in [0.05, 0.1) is 11.8 Å². The van der Waals surface area contributed by atoms with Gasteiger partial charge in [0, 0.05) is 70.7 Å². The number of carbonyl (C=O) groups is 2. The van der Waals surface area contributed by atoms with Crippen LogP contribution in [0.25, 0.3) is 0 Å². The molecule has 0 spiro atoms. The fourth-order valence-corrected chi connectivity index (χ4v) is 6.99. The van der Waals surface area contributed by atoms with Gasteiger partial charge in [0.2, 0.25) is 0 Å². The average molecular weight is 593 g/mol. The molecule has 0 unspecified atom stereocenters. The highest BCUT2D eigenvalue weighted by atomic mass is 127. The van der Waals surface area contributed by atoms with Crippen molar-refractivity contribution in [3.05, 3.63) is 0 Å². The summed E-state index contributed by atoms with van der Waals surface area (Å²) >= 11 is 2.40. The molecule has 196 valence electrons. The van der Waals surface area contributed by atoms with Crippen LogP contribution in [0.3, 0.4) is 0 Å². The summed E-state index contributed by atoms with van der Waals surface area (Å²) in [6, 6.07) is 0. The Hall–Kier alpha value is -0.450. The molecule has 3 rings (SSSR count). The highest BCUT2D eigenvalue weighted by Crippen LogP contribution is 2.43. The molecular weight excluding hydrogens is 547 g/mol. The first-order valence-corrected chi connectivity index (χ1v) is 13.8. The van der Waals surface area contributed by atoms with Gasteiger partial charge in [-0.3, -0.25) is 9.59 Å². The molecule has 1 saturated carbocycles. The summed E-state index contributed by atoms with van der Waals surface area (Å²) in [4.78, 5) is 25.9. The minimum atomic E-state index is -0.454.